The Bertz CT molecular complexity index is 1180. The minimum absolute atomic E-state index is 0.0597. The molecule has 0 bridgehead atoms. The Morgan fingerprint density at radius 2 is 1.83 bits per heavy atom. The van der Waals surface area contributed by atoms with Crippen LogP contribution in [0, 0.1) is 0 Å². The Labute approximate surface area is 173 Å². The third-order valence-corrected chi connectivity index (χ3v) is 4.85. The minimum atomic E-state index is -0.428. The van der Waals surface area contributed by atoms with E-state index in [-0.39, 0.29) is 17.5 Å². The van der Waals surface area contributed by atoms with Gasteiger partial charge in [-0.15, -0.1) is 0 Å². The molecule has 1 aromatic heterocycles. The molecule has 0 saturated carbocycles. The molecule has 7 heteroatoms. The van der Waals surface area contributed by atoms with Crippen molar-refractivity contribution in [1.29, 1.82) is 0 Å². The van der Waals surface area contributed by atoms with Gasteiger partial charge in [0.1, 0.15) is 17.2 Å². The predicted molar refractivity (Wildman–Crippen MR) is 118 cm³/mol. The second-order valence-corrected chi connectivity index (χ2v) is 6.82. The lowest BCUT2D eigenvalue weighted by molar-refractivity contribution is 0.0949. The molecule has 4 rings (SSSR count). The summed E-state index contributed by atoms with van der Waals surface area (Å²) in [7, 11) is 0. The first-order chi connectivity index (χ1) is 14.7. The predicted octanol–water partition coefficient (Wildman–Crippen LogP) is 2.77. The summed E-state index contributed by atoms with van der Waals surface area (Å²) in [4.78, 5) is 32.5. The van der Waals surface area contributed by atoms with E-state index in [1.165, 1.54) is 12.4 Å². The number of H-pyrrole nitrogens is 1. The zero-order chi connectivity index (χ0) is 20.9. The van der Waals surface area contributed by atoms with E-state index in [1.807, 2.05) is 54.6 Å². The first kappa shape index (κ1) is 19.2. The summed E-state index contributed by atoms with van der Waals surface area (Å²) in [6.45, 7) is 0.506. The van der Waals surface area contributed by atoms with Gasteiger partial charge in [0.05, 0.1) is 12.1 Å². The number of aromatic nitrogens is 1. The summed E-state index contributed by atoms with van der Waals surface area (Å²) in [5.41, 5.74) is 8.69. The summed E-state index contributed by atoms with van der Waals surface area (Å²) in [6.07, 6.45) is 4.38. The van der Waals surface area contributed by atoms with E-state index in [0.29, 0.717) is 23.8 Å². The largest absolute Gasteiger partial charge is 0.404 e. The third kappa shape index (κ3) is 4.00. The maximum atomic E-state index is 12.7. The van der Waals surface area contributed by atoms with Crippen molar-refractivity contribution in [2.45, 2.75) is 13.1 Å². The van der Waals surface area contributed by atoms with Crippen LogP contribution in [0.25, 0.3) is 11.1 Å². The number of amides is 1. The molecule has 1 amide bonds. The van der Waals surface area contributed by atoms with Crippen LogP contribution in [-0.4, -0.2) is 16.7 Å². The molecule has 0 saturated heterocycles. The zero-order valence-electron chi connectivity index (χ0n) is 16.2. The Balaban J connectivity index is 1.44. The number of hydrogen-bond acceptors (Lipinski definition) is 5. The molecule has 7 nitrogen and oxygen atoms in total. The highest BCUT2D eigenvalue weighted by Crippen LogP contribution is 2.19. The molecule has 2 heterocycles. The molecule has 3 aromatic rings. The Kier molecular flexibility index (Phi) is 5.43. The normalized spacial score (nSPS) is 12.7. The van der Waals surface area contributed by atoms with Gasteiger partial charge in [0.25, 0.3) is 5.91 Å². The smallest absolute Gasteiger partial charge is 0.257 e. The van der Waals surface area contributed by atoms with Crippen LogP contribution in [0.1, 0.15) is 21.5 Å². The van der Waals surface area contributed by atoms with Crippen LogP contribution in [0.2, 0.25) is 0 Å². The molecular weight excluding hydrogens is 378 g/mol. The third-order valence-electron chi connectivity index (χ3n) is 4.85. The van der Waals surface area contributed by atoms with Crippen molar-refractivity contribution in [3.05, 3.63) is 100.0 Å². The molecule has 0 radical (unpaired) electrons. The van der Waals surface area contributed by atoms with Crippen LogP contribution in [0.3, 0.4) is 0 Å². The maximum Gasteiger partial charge on any atom is 0.257 e. The van der Waals surface area contributed by atoms with Gasteiger partial charge in [-0.25, -0.2) is 0 Å². The summed E-state index contributed by atoms with van der Waals surface area (Å²) < 4.78 is 0. The Morgan fingerprint density at radius 3 is 2.57 bits per heavy atom. The quantitative estimate of drug-likeness (QED) is 0.528. The van der Waals surface area contributed by atoms with Crippen LogP contribution in [-0.2, 0) is 13.1 Å². The van der Waals surface area contributed by atoms with Crippen LogP contribution in [0.5, 0.6) is 0 Å². The molecule has 0 aliphatic carbocycles. The number of pyridine rings is 1. The molecule has 0 spiro atoms. The average molecular weight is 399 g/mol. The monoisotopic (exact) mass is 399 g/mol. The molecule has 30 heavy (non-hydrogen) atoms. The number of anilines is 1. The van der Waals surface area contributed by atoms with E-state index in [0.717, 1.165) is 16.7 Å². The average Bonchev–Trinajstić information content (AvgIpc) is 2.79. The number of aromatic amines is 1. The summed E-state index contributed by atoms with van der Waals surface area (Å²) in [6, 6.07) is 18.0. The second-order valence-electron chi connectivity index (χ2n) is 6.82. The van der Waals surface area contributed by atoms with E-state index in [2.05, 4.69) is 20.6 Å². The van der Waals surface area contributed by atoms with Crippen molar-refractivity contribution in [2.24, 2.45) is 10.7 Å². The van der Waals surface area contributed by atoms with Gasteiger partial charge in [0.15, 0.2) is 0 Å². The van der Waals surface area contributed by atoms with Gasteiger partial charge in [0, 0.05) is 12.7 Å². The fraction of sp³-hybridized carbons (Fsp3) is 0.0870. The molecule has 0 atom stereocenters. The molecular formula is C23H21N5O2. The minimum Gasteiger partial charge on any atom is -0.404 e. The van der Waals surface area contributed by atoms with E-state index in [1.54, 1.807) is 6.08 Å². The van der Waals surface area contributed by atoms with E-state index in [4.69, 9.17) is 5.73 Å². The van der Waals surface area contributed by atoms with Crippen molar-refractivity contribution < 1.29 is 4.79 Å². The van der Waals surface area contributed by atoms with Gasteiger partial charge < -0.3 is 21.4 Å². The number of nitrogens with one attached hydrogen (secondary N) is 3. The van der Waals surface area contributed by atoms with Crippen LogP contribution in [0.4, 0.5) is 5.82 Å². The molecule has 0 fully saturated rings. The van der Waals surface area contributed by atoms with Gasteiger partial charge in [-0.3, -0.25) is 14.6 Å². The Morgan fingerprint density at radius 1 is 1.10 bits per heavy atom. The first-order valence-corrected chi connectivity index (χ1v) is 9.52. The van der Waals surface area contributed by atoms with Gasteiger partial charge in [-0.1, -0.05) is 54.6 Å². The highest BCUT2D eigenvalue weighted by molar-refractivity contribution is 6.05. The second kappa shape index (κ2) is 8.48. The number of benzene rings is 2. The highest BCUT2D eigenvalue weighted by atomic mass is 16.2. The number of carbonyl (C=O) groups excluding carboxylic acids is 1. The van der Waals surface area contributed by atoms with E-state index >= 15 is 0 Å². The zero-order valence-corrected chi connectivity index (χ0v) is 16.2. The Hall–Kier alpha value is -4.13. The van der Waals surface area contributed by atoms with Gasteiger partial charge in [-0.2, -0.15) is 0 Å². The van der Waals surface area contributed by atoms with Crippen molar-refractivity contribution in [3.63, 3.8) is 0 Å². The summed E-state index contributed by atoms with van der Waals surface area (Å²) in [5.74, 6) is 0.649. The lowest BCUT2D eigenvalue weighted by Gasteiger charge is -2.16. The van der Waals surface area contributed by atoms with Crippen LogP contribution < -0.4 is 21.8 Å². The SMILES string of the molecule is N/C=C\C1=NCc2c([nH]cc(C(=O)NCc3ccc(-c4ccccc4)cc3)c2=O)N1. The van der Waals surface area contributed by atoms with Crippen molar-refractivity contribution in [3.8, 4) is 11.1 Å². The number of fused-ring (bicyclic) bond motifs is 1. The van der Waals surface area contributed by atoms with Gasteiger partial charge in [-0.05, 0) is 29.0 Å². The highest BCUT2D eigenvalue weighted by Gasteiger charge is 2.19. The first-order valence-electron chi connectivity index (χ1n) is 9.52. The van der Waals surface area contributed by atoms with E-state index in [9.17, 15) is 9.59 Å². The number of amidine groups is 1. The van der Waals surface area contributed by atoms with Gasteiger partial charge >= 0.3 is 0 Å². The lowest BCUT2D eigenvalue weighted by atomic mass is 10.0. The molecule has 1 aliphatic heterocycles. The number of hydrogen-bond donors (Lipinski definition) is 4. The molecule has 1 aliphatic rings. The number of nitrogens with zero attached hydrogens (tertiary/aromatic N) is 1. The lowest BCUT2D eigenvalue weighted by Crippen LogP contribution is -2.32. The molecule has 0 unspecified atom stereocenters. The molecule has 2 aromatic carbocycles. The summed E-state index contributed by atoms with van der Waals surface area (Å²) >= 11 is 0. The number of carbonyl (C=O) groups is 1. The fourth-order valence-corrected chi connectivity index (χ4v) is 3.24. The van der Waals surface area contributed by atoms with Crippen LogP contribution >= 0.6 is 0 Å². The molecule has 5 N–H and O–H groups in total. The fourth-order valence-electron chi connectivity index (χ4n) is 3.24. The van der Waals surface area contributed by atoms with Crippen molar-refractivity contribution >= 4 is 17.6 Å². The topological polar surface area (TPSA) is 112 Å². The number of rotatable bonds is 5. The van der Waals surface area contributed by atoms with Gasteiger partial charge in [0.2, 0.25) is 5.43 Å². The number of aliphatic imine (C=N–C) groups is 1. The maximum absolute atomic E-state index is 12.7. The van der Waals surface area contributed by atoms with Crippen LogP contribution in [0.15, 0.2) is 82.9 Å². The molecule has 150 valence electrons. The standard InChI is InChI=1S/C23H21N5O2/c24-11-10-20-25-13-18-21(29)19(14-26-22(18)28-20)23(30)27-12-15-6-8-17(9-7-15)16-4-2-1-3-5-16/h1-11,14H,12-13,24H2,(H,27,30)(H2,25,26,28,29)/b11-10-. The van der Waals surface area contributed by atoms with Crippen molar-refractivity contribution in [1.82, 2.24) is 10.3 Å². The van der Waals surface area contributed by atoms with Crippen molar-refractivity contribution in [2.75, 3.05) is 5.32 Å². The number of nitrogens with two attached hydrogens (primary N) is 1. The van der Waals surface area contributed by atoms with E-state index < -0.39 is 5.91 Å². The summed E-state index contributed by atoms with van der Waals surface area (Å²) in [5, 5.41) is 5.79.